The smallest absolute Gasteiger partial charge is 0.225 e. The lowest BCUT2D eigenvalue weighted by Crippen LogP contribution is -2.38. The Morgan fingerprint density at radius 3 is 2.71 bits per heavy atom. The van der Waals surface area contributed by atoms with Crippen LogP contribution < -0.4 is 5.32 Å². The summed E-state index contributed by atoms with van der Waals surface area (Å²) in [4.78, 5) is 14.1. The highest BCUT2D eigenvalue weighted by atomic mass is 19.1. The molecule has 0 spiro atoms. The second-order valence-corrected chi connectivity index (χ2v) is 5.70. The molecule has 4 nitrogen and oxygen atoms in total. The molecule has 1 heterocycles. The predicted octanol–water partition coefficient (Wildman–Crippen LogP) is 2.25. The highest BCUT2D eigenvalue weighted by Gasteiger charge is 2.22. The number of rotatable bonds is 5. The molecule has 2 rings (SSSR count). The molecule has 5 heteroatoms. The maximum Gasteiger partial charge on any atom is 0.225 e. The number of para-hydroxylation sites is 1. The summed E-state index contributed by atoms with van der Waals surface area (Å²) in [5.74, 6) is -0.213. The molecular weight excluding hydrogens is 271 g/mol. The van der Waals surface area contributed by atoms with Crippen molar-refractivity contribution < 1.29 is 14.3 Å². The zero-order chi connectivity index (χ0) is 15.2. The van der Waals surface area contributed by atoms with Crippen molar-refractivity contribution in [1.82, 2.24) is 4.90 Å². The number of carbonyl (C=O) groups excluding carboxylic acids is 1. The maximum atomic E-state index is 13.4. The van der Waals surface area contributed by atoms with Gasteiger partial charge in [-0.15, -0.1) is 0 Å². The Labute approximate surface area is 125 Å². The number of nitrogens with zero attached hydrogens (tertiary/aromatic N) is 1. The summed E-state index contributed by atoms with van der Waals surface area (Å²) in [5, 5.41) is 12.1. The highest BCUT2D eigenvalue weighted by molar-refractivity contribution is 5.90. The van der Waals surface area contributed by atoms with Crippen LogP contribution >= 0.6 is 0 Å². The van der Waals surface area contributed by atoms with Gasteiger partial charge in [-0.05, 0) is 50.9 Å². The first-order valence-electron chi connectivity index (χ1n) is 7.51. The second kappa shape index (κ2) is 7.52. The third kappa shape index (κ3) is 4.79. The molecule has 2 N–H and O–H groups in total. The van der Waals surface area contributed by atoms with Gasteiger partial charge in [-0.3, -0.25) is 4.79 Å². The Kier molecular flexibility index (Phi) is 5.70. The summed E-state index contributed by atoms with van der Waals surface area (Å²) >= 11 is 0. The number of likely N-dealkylation sites (tertiary alicyclic amines) is 1. The number of aliphatic hydroxyl groups is 1. The molecule has 1 amide bonds. The van der Waals surface area contributed by atoms with Crippen molar-refractivity contribution >= 4 is 11.6 Å². The van der Waals surface area contributed by atoms with Crippen molar-refractivity contribution in [3.63, 3.8) is 0 Å². The van der Waals surface area contributed by atoms with Gasteiger partial charge in [0.05, 0.1) is 11.8 Å². The Balaban J connectivity index is 1.72. The van der Waals surface area contributed by atoms with E-state index in [9.17, 15) is 14.3 Å². The summed E-state index contributed by atoms with van der Waals surface area (Å²) < 4.78 is 13.4. The zero-order valence-corrected chi connectivity index (χ0v) is 12.4. The Bertz CT molecular complexity index is 471. The van der Waals surface area contributed by atoms with Crippen LogP contribution in [0.15, 0.2) is 24.3 Å². The van der Waals surface area contributed by atoms with Crippen LogP contribution in [0.2, 0.25) is 0 Å². The molecule has 0 aliphatic carbocycles. The lowest BCUT2D eigenvalue weighted by Gasteiger charge is -2.33. The molecule has 1 atom stereocenters. The summed E-state index contributed by atoms with van der Waals surface area (Å²) in [7, 11) is 0. The van der Waals surface area contributed by atoms with Crippen LogP contribution in [0.25, 0.3) is 0 Å². The van der Waals surface area contributed by atoms with E-state index in [0.29, 0.717) is 18.9 Å². The predicted molar refractivity (Wildman–Crippen MR) is 80.5 cm³/mol. The quantitative estimate of drug-likeness (QED) is 0.876. The maximum absolute atomic E-state index is 13.4. The monoisotopic (exact) mass is 294 g/mol. The zero-order valence-electron chi connectivity index (χ0n) is 12.4. The SMILES string of the molecule is CC(O)C1CCN(CCC(=O)Nc2ccccc2F)CC1. The lowest BCUT2D eigenvalue weighted by atomic mass is 9.92. The molecule has 1 aliphatic heterocycles. The minimum Gasteiger partial charge on any atom is -0.393 e. The molecule has 1 saturated heterocycles. The Morgan fingerprint density at radius 2 is 2.10 bits per heavy atom. The third-order valence-corrected chi connectivity index (χ3v) is 4.12. The molecule has 0 aromatic heterocycles. The Morgan fingerprint density at radius 1 is 1.43 bits per heavy atom. The fourth-order valence-electron chi connectivity index (χ4n) is 2.69. The minimum atomic E-state index is -0.413. The molecule has 116 valence electrons. The van der Waals surface area contributed by atoms with Crippen molar-refractivity contribution in [3.8, 4) is 0 Å². The molecular formula is C16H23FN2O2. The van der Waals surface area contributed by atoms with E-state index in [2.05, 4.69) is 10.2 Å². The van der Waals surface area contributed by atoms with Gasteiger partial charge >= 0.3 is 0 Å². The van der Waals surface area contributed by atoms with E-state index in [0.717, 1.165) is 25.9 Å². The van der Waals surface area contributed by atoms with E-state index in [1.165, 1.54) is 6.07 Å². The normalized spacial score (nSPS) is 18.4. The summed E-state index contributed by atoms with van der Waals surface area (Å²) in [5.41, 5.74) is 0.232. The van der Waals surface area contributed by atoms with Crippen molar-refractivity contribution in [2.24, 2.45) is 5.92 Å². The van der Waals surface area contributed by atoms with Crippen molar-refractivity contribution in [2.75, 3.05) is 25.0 Å². The number of hydrogen-bond acceptors (Lipinski definition) is 3. The van der Waals surface area contributed by atoms with Crippen LogP contribution in [0.5, 0.6) is 0 Å². The largest absolute Gasteiger partial charge is 0.393 e. The minimum absolute atomic E-state index is 0.169. The van der Waals surface area contributed by atoms with Gasteiger partial charge in [0.1, 0.15) is 5.82 Å². The van der Waals surface area contributed by atoms with Gasteiger partial charge in [0.2, 0.25) is 5.91 Å². The lowest BCUT2D eigenvalue weighted by molar-refractivity contribution is -0.116. The molecule has 1 aliphatic rings. The van der Waals surface area contributed by atoms with Crippen LogP contribution in [0.4, 0.5) is 10.1 Å². The first-order valence-corrected chi connectivity index (χ1v) is 7.51. The number of benzene rings is 1. The van der Waals surface area contributed by atoms with Gasteiger partial charge in [-0.25, -0.2) is 4.39 Å². The second-order valence-electron chi connectivity index (χ2n) is 5.70. The molecule has 21 heavy (non-hydrogen) atoms. The number of nitrogens with one attached hydrogen (secondary N) is 1. The van der Waals surface area contributed by atoms with Crippen molar-refractivity contribution in [2.45, 2.75) is 32.3 Å². The number of hydrogen-bond donors (Lipinski definition) is 2. The van der Waals surface area contributed by atoms with Crippen LogP contribution in [-0.2, 0) is 4.79 Å². The summed E-state index contributed by atoms with van der Waals surface area (Å²) in [6.45, 7) is 4.32. The number of anilines is 1. The van der Waals surface area contributed by atoms with Gasteiger partial charge in [-0.1, -0.05) is 12.1 Å². The average Bonchev–Trinajstić information content (AvgIpc) is 2.48. The third-order valence-electron chi connectivity index (χ3n) is 4.12. The number of piperidine rings is 1. The number of carbonyl (C=O) groups is 1. The molecule has 1 fully saturated rings. The number of halogens is 1. The summed E-state index contributed by atoms with van der Waals surface area (Å²) in [6, 6.07) is 6.18. The number of amides is 1. The fourth-order valence-corrected chi connectivity index (χ4v) is 2.69. The van der Waals surface area contributed by atoms with Gasteiger partial charge in [0.15, 0.2) is 0 Å². The first kappa shape index (κ1) is 15.9. The molecule has 0 bridgehead atoms. The molecule has 1 aromatic carbocycles. The van der Waals surface area contributed by atoms with Crippen molar-refractivity contribution in [1.29, 1.82) is 0 Å². The molecule has 1 aromatic rings. The Hall–Kier alpha value is -1.46. The van der Waals surface area contributed by atoms with Crippen LogP contribution in [0.3, 0.4) is 0 Å². The van der Waals surface area contributed by atoms with E-state index in [1.807, 2.05) is 6.92 Å². The fraction of sp³-hybridized carbons (Fsp3) is 0.562. The van der Waals surface area contributed by atoms with E-state index in [-0.39, 0.29) is 17.7 Å². The van der Waals surface area contributed by atoms with E-state index in [1.54, 1.807) is 18.2 Å². The topological polar surface area (TPSA) is 52.6 Å². The van der Waals surface area contributed by atoms with Crippen LogP contribution in [0, 0.1) is 11.7 Å². The molecule has 0 saturated carbocycles. The first-order chi connectivity index (χ1) is 10.1. The van der Waals surface area contributed by atoms with Crippen molar-refractivity contribution in [3.05, 3.63) is 30.1 Å². The highest BCUT2D eigenvalue weighted by Crippen LogP contribution is 2.20. The molecule has 1 unspecified atom stereocenters. The molecule has 0 radical (unpaired) electrons. The van der Waals surface area contributed by atoms with E-state index < -0.39 is 5.82 Å². The van der Waals surface area contributed by atoms with E-state index in [4.69, 9.17) is 0 Å². The van der Waals surface area contributed by atoms with Gasteiger partial charge in [0.25, 0.3) is 0 Å². The van der Waals surface area contributed by atoms with Crippen LogP contribution in [-0.4, -0.2) is 41.7 Å². The van der Waals surface area contributed by atoms with E-state index >= 15 is 0 Å². The van der Waals surface area contributed by atoms with Gasteiger partial charge in [0, 0.05) is 13.0 Å². The standard InChI is InChI=1S/C16H23FN2O2/c1-12(20)13-6-9-19(10-7-13)11-8-16(21)18-15-5-3-2-4-14(15)17/h2-5,12-13,20H,6-11H2,1H3,(H,18,21). The van der Waals surface area contributed by atoms with Gasteiger partial charge < -0.3 is 15.3 Å². The average molecular weight is 294 g/mol. The number of aliphatic hydroxyl groups excluding tert-OH is 1. The van der Waals surface area contributed by atoms with Crippen LogP contribution in [0.1, 0.15) is 26.2 Å². The summed E-state index contributed by atoms with van der Waals surface area (Å²) in [6.07, 6.45) is 2.03. The van der Waals surface area contributed by atoms with Gasteiger partial charge in [-0.2, -0.15) is 0 Å².